The molecule has 2 bridgehead atoms. The van der Waals surface area contributed by atoms with Crippen molar-refractivity contribution < 1.29 is 10.2 Å². The summed E-state index contributed by atoms with van der Waals surface area (Å²) in [6.07, 6.45) is 3.54. The topological polar surface area (TPSA) is 40.5 Å². The van der Waals surface area contributed by atoms with Crippen LogP contribution in [0.4, 0.5) is 0 Å². The average molecular weight is 174 g/mol. The van der Waals surface area contributed by atoms with E-state index >= 15 is 0 Å². The normalized spacial score (nSPS) is 50.7. The monoisotopic (exact) mass is 174 g/mol. The smallest absolute Gasteiger partial charge is 0.0659 e. The first-order valence-electron chi connectivity index (χ1n) is 4.29. The summed E-state index contributed by atoms with van der Waals surface area (Å²) in [6, 6.07) is 0. The lowest BCUT2D eigenvalue weighted by Gasteiger charge is -2.40. The highest BCUT2D eigenvalue weighted by molar-refractivity contribution is 8.00. The van der Waals surface area contributed by atoms with Gasteiger partial charge in [0.05, 0.1) is 12.2 Å². The van der Waals surface area contributed by atoms with Gasteiger partial charge in [0.1, 0.15) is 0 Å². The van der Waals surface area contributed by atoms with E-state index in [-0.39, 0.29) is 12.2 Å². The molecule has 2 fully saturated rings. The minimum Gasteiger partial charge on any atom is -0.392 e. The highest BCUT2D eigenvalue weighted by Gasteiger charge is 2.37. The lowest BCUT2D eigenvalue weighted by atomic mass is 9.95. The Bertz CT molecular complexity index is 135. The maximum absolute atomic E-state index is 9.50. The van der Waals surface area contributed by atoms with Crippen LogP contribution in [-0.4, -0.2) is 32.9 Å². The van der Waals surface area contributed by atoms with Crippen LogP contribution in [0.15, 0.2) is 0 Å². The predicted molar refractivity (Wildman–Crippen MR) is 45.6 cm³/mol. The maximum Gasteiger partial charge on any atom is 0.0659 e. The fraction of sp³-hybridized carbons (Fsp3) is 1.00. The molecule has 2 aliphatic heterocycles. The molecule has 0 amide bonds. The van der Waals surface area contributed by atoms with E-state index < -0.39 is 0 Å². The van der Waals surface area contributed by atoms with E-state index in [1.807, 2.05) is 0 Å². The number of aliphatic hydroxyl groups is 2. The van der Waals surface area contributed by atoms with Crippen molar-refractivity contribution in [1.29, 1.82) is 0 Å². The minimum absolute atomic E-state index is 0.108. The molecule has 0 aliphatic carbocycles. The zero-order valence-corrected chi connectivity index (χ0v) is 7.26. The molecule has 2 aliphatic rings. The molecule has 11 heavy (non-hydrogen) atoms. The summed E-state index contributed by atoms with van der Waals surface area (Å²) in [7, 11) is 0. The molecule has 0 radical (unpaired) electrons. The van der Waals surface area contributed by atoms with Crippen LogP contribution in [0, 0.1) is 0 Å². The molecule has 3 heteroatoms. The van der Waals surface area contributed by atoms with Crippen molar-refractivity contribution >= 4 is 11.8 Å². The van der Waals surface area contributed by atoms with Crippen LogP contribution in [0.1, 0.15) is 25.7 Å². The molecule has 4 atom stereocenters. The van der Waals surface area contributed by atoms with Crippen LogP contribution >= 0.6 is 11.8 Å². The van der Waals surface area contributed by atoms with Crippen LogP contribution in [0.5, 0.6) is 0 Å². The van der Waals surface area contributed by atoms with Crippen LogP contribution in [0.25, 0.3) is 0 Å². The molecular weight excluding hydrogens is 160 g/mol. The van der Waals surface area contributed by atoms with E-state index in [1.54, 1.807) is 11.8 Å². The van der Waals surface area contributed by atoms with Gasteiger partial charge in [-0.05, 0) is 25.7 Å². The van der Waals surface area contributed by atoms with E-state index in [1.165, 1.54) is 0 Å². The molecule has 64 valence electrons. The zero-order chi connectivity index (χ0) is 7.84. The van der Waals surface area contributed by atoms with E-state index in [9.17, 15) is 10.2 Å². The number of hydrogen-bond donors (Lipinski definition) is 2. The maximum atomic E-state index is 9.50. The van der Waals surface area contributed by atoms with Gasteiger partial charge in [-0.3, -0.25) is 0 Å². The van der Waals surface area contributed by atoms with Crippen LogP contribution in [-0.2, 0) is 0 Å². The van der Waals surface area contributed by atoms with E-state index in [4.69, 9.17) is 0 Å². The lowest BCUT2D eigenvalue weighted by molar-refractivity contribution is 0.0913. The summed E-state index contributed by atoms with van der Waals surface area (Å²) in [5.74, 6) is 0. The Morgan fingerprint density at radius 2 is 1.27 bits per heavy atom. The van der Waals surface area contributed by atoms with Crippen molar-refractivity contribution in [3.8, 4) is 0 Å². The number of rotatable bonds is 0. The Morgan fingerprint density at radius 1 is 0.818 bits per heavy atom. The van der Waals surface area contributed by atoms with Gasteiger partial charge in [-0.15, -0.1) is 11.8 Å². The number of hydrogen-bond acceptors (Lipinski definition) is 3. The third kappa shape index (κ3) is 1.42. The highest BCUT2D eigenvalue weighted by Crippen LogP contribution is 2.41. The SMILES string of the molecule is O[C@@H]1CC[C@@H]2S[C@H]1CC[C@@H]2O. The van der Waals surface area contributed by atoms with Gasteiger partial charge in [-0.25, -0.2) is 0 Å². The van der Waals surface area contributed by atoms with E-state index in [0.29, 0.717) is 10.5 Å². The molecule has 2 rings (SSSR count). The summed E-state index contributed by atoms with van der Waals surface area (Å²) < 4.78 is 0. The van der Waals surface area contributed by atoms with Gasteiger partial charge in [0.15, 0.2) is 0 Å². The first-order chi connectivity index (χ1) is 5.27. The second kappa shape index (κ2) is 2.96. The van der Waals surface area contributed by atoms with Gasteiger partial charge in [0, 0.05) is 10.5 Å². The molecule has 0 aromatic heterocycles. The minimum atomic E-state index is -0.108. The van der Waals surface area contributed by atoms with Crippen molar-refractivity contribution in [1.82, 2.24) is 0 Å². The van der Waals surface area contributed by atoms with Gasteiger partial charge >= 0.3 is 0 Å². The largest absolute Gasteiger partial charge is 0.392 e. The first kappa shape index (κ1) is 7.90. The summed E-state index contributed by atoms with van der Waals surface area (Å²) >= 11 is 1.79. The average Bonchev–Trinajstić information content (AvgIpc) is 2.02. The Morgan fingerprint density at radius 3 is 1.73 bits per heavy atom. The third-order valence-corrected chi connectivity index (χ3v) is 4.50. The summed E-state index contributed by atoms with van der Waals surface area (Å²) in [5, 5.41) is 19.8. The quantitative estimate of drug-likeness (QED) is 0.570. The molecule has 0 aromatic carbocycles. The molecule has 2 heterocycles. The number of aliphatic hydroxyl groups excluding tert-OH is 2. The van der Waals surface area contributed by atoms with Crippen LogP contribution < -0.4 is 0 Å². The Balaban J connectivity index is 2.02. The lowest BCUT2D eigenvalue weighted by Crippen LogP contribution is -2.41. The number of fused-ring (bicyclic) bond motifs is 2. The molecule has 2 saturated heterocycles. The first-order valence-corrected chi connectivity index (χ1v) is 5.23. The van der Waals surface area contributed by atoms with Crippen molar-refractivity contribution in [2.45, 2.75) is 48.4 Å². The second-order valence-electron chi connectivity index (χ2n) is 3.50. The Kier molecular flexibility index (Phi) is 2.12. The van der Waals surface area contributed by atoms with Crippen LogP contribution in [0.3, 0.4) is 0 Å². The molecule has 0 unspecified atom stereocenters. The Hall–Kier alpha value is 0.270. The van der Waals surface area contributed by atoms with Gasteiger partial charge in [-0.2, -0.15) is 0 Å². The molecular formula is C8H14O2S. The summed E-state index contributed by atoms with van der Waals surface area (Å²) in [4.78, 5) is 0. The molecule has 2 nitrogen and oxygen atoms in total. The molecule has 2 N–H and O–H groups in total. The third-order valence-electron chi connectivity index (χ3n) is 2.70. The van der Waals surface area contributed by atoms with E-state index in [2.05, 4.69) is 0 Å². The molecule has 0 spiro atoms. The van der Waals surface area contributed by atoms with Gasteiger partial charge in [0.25, 0.3) is 0 Å². The fourth-order valence-electron chi connectivity index (χ4n) is 1.97. The van der Waals surface area contributed by atoms with Crippen molar-refractivity contribution in [2.24, 2.45) is 0 Å². The van der Waals surface area contributed by atoms with Gasteiger partial charge in [0.2, 0.25) is 0 Å². The van der Waals surface area contributed by atoms with Gasteiger partial charge in [-0.1, -0.05) is 0 Å². The standard InChI is InChI=1S/C8H14O2S/c9-5-1-3-7-6(10)2-4-8(5)11-7/h5-10H,1-4H2/t5-,6+,7-,8-/m0/s1. The molecule has 0 aromatic rings. The van der Waals surface area contributed by atoms with Crippen LogP contribution in [0.2, 0.25) is 0 Å². The predicted octanol–water partition coefficient (Wildman–Crippen LogP) is 0.766. The van der Waals surface area contributed by atoms with Gasteiger partial charge < -0.3 is 10.2 Å². The second-order valence-corrected chi connectivity index (χ2v) is 4.99. The van der Waals surface area contributed by atoms with Crippen molar-refractivity contribution in [2.75, 3.05) is 0 Å². The van der Waals surface area contributed by atoms with Crippen molar-refractivity contribution in [3.05, 3.63) is 0 Å². The number of thioether (sulfide) groups is 1. The van der Waals surface area contributed by atoms with E-state index in [0.717, 1.165) is 25.7 Å². The summed E-state index contributed by atoms with van der Waals surface area (Å²) in [6.45, 7) is 0. The molecule has 0 saturated carbocycles. The Labute approximate surface area is 71.0 Å². The summed E-state index contributed by atoms with van der Waals surface area (Å²) in [5.41, 5.74) is 0. The van der Waals surface area contributed by atoms with Crippen molar-refractivity contribution in [3.63, 3.8) is 0 Å². The zero-order valence-electron chi connectivity index (χ0n) is 6.44. The highest BCUT2D eigenvalue weighted by atomic mass is 32.2. The fourth-order valence-corrected chi connectivity index (χ4v) is 3.60.